The van der Waals surface area contributed by atoms with Crippen molar-refractivity contribution < 1.29 is 4.79 Å². The highest BCUT2D eigenvalue weighted by atomic mass is 35.5. The first-order chi connectivity index (χ1) is 15.4. The second-order valence-electron chi connectivity index (χ2n) is 8.24. The second kappa shape index (κ2) is 9.76. The topological polar surface area (TPSA) is 46.4 Å². The minimum absolute atomic E-state index is 0.0398. The molecule has 0 spiro atoms. The predicted molar refractivity (Wildman–Crippen MR) is 132 cm³/mol. The number of hydrogen-bond acceptors (Lipinski definition) is 2. The highest BCUT2D eigenvalue weighted by Crippen LogP contribution is 2.31. The number of benzene rings is 2. The van der Waals surface area contributed by atoms with Crippen LogP contribution in [0.25, 0.3) is 28.0 Å². The van der Waals surface area contributed by atoms with E-state index in [2.05, 4.69) is 23.6 Å². The number of carbonyl (C=O) groups is 1. The van der Waals surface area contributed by atoms with Crippen molar-refractivity contribution in [3.8, 4) is 22.4 Å². The fraction of sp³-hybridized carbons (Fsp3) is 0.231. The Kier molecular flexibility index (Phi) is 6.83. The van der Waals surface area contributed by atoms with E-state index in [1.165, 1.54) is 0 Å². The van der Waals surface area contributed by atoms with Crippen molar-refractivity contribution in [2.75, 3.05) is 6.54 Å². The smallest absolute Gasteiger partial charge is 0.220 e. The molecule has 2 aromatic heterocycles. The highest BCUT2D eigenvalue weighted by molar-refractivity contribution is 6.33. The maximum atomic E-state index is 12.4. The van der Waals surface area contributed by atoms with Gasteiger partial charge < -0.3 is 9.72 Å². The Labute approximate surface area is 198 Å². The number of aromatic nitrogens is 2. The lowest BCUT2D eigenvalue weighted by Crippen LogP contribution is -2.27. The molecule has 4 nitrogen and oxygen atoms in total. The van der Waals surface area contributed by atoms with Crippen LogP contribution >= 0.6 is 23.2 Å². The molecule has 6 heteroatoms. The zero-order valence-electron chi connectivity index (χ0n) is 18.1. The molecule has 4 rings (SSSR count). The van der Waals surface area contributed by atoms with Crippen LogP contribution in [-0.2, 0) is 11.2 Å². The van der Waals surface area contributed by atoms with Crippen LogP contribution in [0.4, 0.5) is 0 Å². The van der Waals surface area contributed by atoms with E-state index in [9.17, 15) is 4.79 Å². The molecule has 32 heavy (non-hydrogen) atoms. The summed E-state index contributed by atoms with van der Waals surface area (Å²) in [5.74, 6) is 0.454. The molecule has 0 saturated heterocycles. The Hall–Kier alpha value is -2.82. The average molecular weight is 466 g/mol. The van der Waals surface area contributed by atoms with Gasteiger partial charge in [-0.2, -0.15) is 0 Å². The predicted octanol–water partition coefficient (Wildman–Crippen LogP) is 6.68. The molecule has 0 saturated carbocycles. The van der Waals surface area contributed by atoms with Gasteiger partial charge in [-0.25, -0.2) is 4.98 Å². The van der Waals surface area contributed by atoms with E-state index in [4.69, 9.17) is 28.2 Å². The monoisotopic (exact) mass is 465 g/mol. The molecule has 4 aromatic rings. The van der Waals surface area contributed by atoms with Gasteiger partial charge in [0.2, 0.25) is 5.91 Å². The maximum Gasteiger partial charge on any atom is 0.220 e. The van der Waals surface area contributed by atoms with Crippen LogP contribution in [0.2, 0.25) is 10.0 Å². The fourth-order valence-electron chi connectivity index (χ4n) is 3.66. The number of aryl methyl sites for hydroxylation is 1. The van der Waals surface area contributed by atoms with Crippen molar-refractivity contribution >= 4 is 34.8 Å². The number of halogens is 2. The number of pyridine rings is 1. The molecule has 0 radical (unpaired) electrons. The third kappa shape index (κ3) is 4.98. The fourth-order valence-corrected chi connectivity index (χ4v) is 4.03. The number of nitrogens with zero attached hydrogens (tertiary/aromatic N) is 2. The molecular formula is C26H25Cl2N3O. The molecular weight excluding hydrogens is 441 g/mol. The van der Waals surface area contributed by atoms with Gasteiger partial charge in [0.15, 0.2) is 0 Å². The van der Waals surface area contributed by atoms with E-state index >= 15 is 0 Å². The van der Waals surface area contributed by atoms with Gasteiger partial charge in [0.25, 0.3) is 0 Å². The summed E-state index contributed by atoms with van der Waals surface area (Å²) in [7, 11) is 0. The van der Waals surface area contributed by atoms with Gasteiger partial charge in [-0.15, -0.1) is 0 Å². The van der Waals surface area contributed by atoms with Crippen LogP contribution < -0.4 is 5.32 Å². The van der Waals surface area contributed by atoms with Crippen LogP contribution in [0.1, 0.15) is 26.0 Å². The summed E-state index contributed by atoms with van der Waals surface area (Å²) in [6, 6.07) is 19.4. The number of fused-ring (bicyclic) bond motifs is 1. The van der Waals surface area contributed by atoms with E-state index in [1.54, 1.807) is 0 Å². The third-order valence-electron chi connectivity index (χ3n) is 5.32. The molecule has 0 unspecified atom stereocenters. The van der Waals surface area contributed by atoms with Crippen molar-refractivity contribution in [1.82, 2.24) is 14.7 Å². The van der Waals surface area contributed by atoms with Crippen LogP contribution in [0.3, 0.4) is 0 Å². The minimum Gasteiger partial charge on any atom is -0.356 e. The standard InChI is InChI=1S/C26H25Cl2N3O/c1-17(2)15-29-25(32)14-12-23-26(18-7-10-20(27)11-8-18)30-24-13-9-19(16-31(23)24)21-5-3-4-6-22(21)28/h3-11,13,16-17H,12,14-15H2,1-2H3,(H,29,32). The van der Waals surface area contributed by atoms with Crippen molar-refractivity contribution in [2.24, 2.45) is 5.92 Å². The largest absolute Gasteiger partial charge is 0.356 e. The van der Waals surface area contributed by atoms with Gasteiger partial charge in [0, 0.05) is 40.3 Å². The van der Waals surface area contributed by atoms with E-state index in [1.807, 2.05) is 66.9 Å². The summed E-state index contributed by atoms with van der Waals surface area (Å²) in [6.07, 6.45) is 3.00. The second-order valence-corrected chi connectivity index (χ2v) is 9.08. The van der Waals surface area contributed by atoms with Gasteiger partial charge in [-0.1, -0.05) is 67.4 Å². The molecule has 2 aromatic carbocycles. The molecule has 0 atom stereocenters. The summed E-state index contributed by atoms with van der Waals surface area (Å²) < 4.78 is 2.07. The molecule has 0 bridgehead atoms. The van der Waals surface area contributed by atoms with Crippen LogP contribution in [0.5, 0.6) is 0 Å². The van der Waals surface area contributed by atoms with E-state index in [0.29, 0.717) is 35.3 Å². The molecule has 2 heterocycles. The maximum absolute atomic E-state index is 12.4. The van der Waals surface area contributed by atoms with E-state index in [-0.39, 0.29) is 5.91 Å². The van der Waals surface area contributed by atoms with Crippen LogP contribution in [0, 0.1) is 5.92 Å². The summed E-state index contributed by atoms with van der Waals surface area (Å²) in [6.45, 7) is 4.84. The van der Waals surface area contributed by atoms with Crippen molar-refractivity contribution in [3.63, 3.8) is 0 Å². The summed E-state index contributed by atoms with van der Waals surface area (Å²) in [5.41, 5.74) is 5.58. The normalized spacial score (nSPS) is 11.3. The highest BCUT2D eigenvalue weighted by Gasteiger charge is 2.17. The van der Waals surface area contributed by atoms with Crippen molar-refractivity contribution in [2.45, 2.75) is 26.7 Å². The first kappa shape index (κ1) is 22.4. The number of carbonyl (C=O) groups excluding carboxylic acids is 1. The number of rotatable bonds is 7. The van der Waals surface area contributed by atoms with Gasteiger partial charge in [0.1, 0.15) is 5.65 Å². The lowest BCUT2D eigenvalue weighted by Gasteiger charge is -2.10. The molecule has 164 valence electrons. The molecule has 0 aliphatic carbocycles. The Bertz CT molecular complexity index is 1250. The van der Waals surface area contributed by atoms with E-state index < -0.39 is 0 Å². The first-order valence-electron chi connectivity index (χ1n) is 10.7. The van der Waals surface area contributed by atoms with Gasteiger partial charge in [0.05, 0.1) is 11.4 Å². The average Bonchev–Trinajstić information content (AvgIpc) is 3.14. The molecule has 0 aliphatic heterocycles. The Balaban J connectivity index is 1.76. The first-order valence-corrected chi connectivity index (χ1v) is 11.5. The number of imidazole rings is 1. The van der Waals surface area contributed by atoms with Crippen molar-refractivity contribution in [1.29, 1.82) is 0 Å². The van der Waals surface area contributed by atoms with Crippen molar-refractivity contribution in [3.05, 3.63) is 82.6 Å². The van der Waals surface area contributed by atoms with Crippen LogP contribution in [-0.4, -0.2) is 21.8 Å². The van der Waals surface area contributed by atoms with Crippen LogP contribution in [0.15, 0.2) is 66.9 Å². The summed E-state index contributed by atoms with van der Waals surface area (Å²) in [4.78, 5) is 17.3. The zero-order chi connectivity index (χ0) is 22.7. The quantitative estimate of drug-likeness (QED) is 0.330. The number of amides is 1. The van der Waals surface area contributed by atoms with E-state index in [0.717, 1.165) is 33.7 Å². The number of hydrogen-bond donors (Lipinski definition) is 1. The summed E-state index contributed by atoms with van der Waals surface area (Å²) >= 11 is 12.5. The minimum atomic E-state index is 0.0398. The Morgan fingerprint density at radius 1 is 1.00 bits per heavy atom. The molecule has 0 fully saturated rings. The SMILES string of the molecule is CC(C)CNC(=O)CCc1c(-c2ccc(Cl)cc2)nc2ccc(-c3ccccc3Cl)cn12. The van der Waals surface area contributed by atoms with Gasteiger partial charge in [-0.05, 0) is 48.2 Å². The Morgan fingerprint density at radius 2 is 1.72 bits per heavy atom. The number of nitrogens with one attached hydrogen (secondary N) is 1. The lowest BCUT2D eigenvalue weighted by atomic mass is 10.1. The van der Waals surface area contributed by atoms with Gasteiger partial charge >= 0.3 is 0 Å². The third-order valence-corrected chi connectivity index (χ3v) is 5.90. The lowest BCUT2D eigenvalue weighted by molar-refractivity contribution is -0.121. The Morgan fingerprint density at radius 3 is 2.44 bits per heavy atom. The molecule has 1 N–H and O–H groups in total. The summed E-state index contributed by atoms with van der Waals surface area (Å²) in [5, 5.41) is 4.37. The zero-order valence-corrected chi connectivity index (χ0v) is 19.6. The molecule has 0 aliphatic rings. The van der Waals surface area contributed by atoms with Gasteiger partial charge in [-0.3, -0.25) is 4.79 Å². The molecule has 1 amide bonds.